The SMILES string of the molecule is BrBr.O=[N+]([O-])[O-].[Ag+]. The summed E-state index contributed by atoms with van der Waals surface area (Å²) in [4.78, 5) is 8.25. The quantitative estimate of drug-likeness (QED) is 0.384. The Labute approximate surface area is 70.7 Å². The van der Waals surface area contributed by atoms with Crippen molar-refractivity contribution in [3.05, 3.63) is 15.3 Å². The maximum Gasteiger partial charge on any atom is 1.00 e. The first-order valence-electron chi connectivity index (χ1n) is 0.691. The van der Waals surface area contributed by atoms with Crippen LogP contribution < -0.4 is 0 Å². The Morgan fingerprint density at radius 2 is 1.29 bits per heavy atom. The maximum absolute atomic E-state index is 8.25. The zero-order chi connectivity index (χ0) is 5.58. The van der Waals surface area contributed by atoms with Gasteiger partial charge >= 0.3 is 22.4 Å². The Morgan fingerprint density at radius 3 is 1.29 bits per heavy atom. The summed E-state index contributed by atoms with van der Waals surface area (Å²) in [6.45, 7) is 0. The molecule has 0 radical (unpaired) electrons. The van der Waals surface area contributed by atoms with Crippen LogP contribution in [0, 0.1) is 15.3 Å². The fraction of sp³-hybridized carbons (Fsp3) is 0. The van der Waals surface area contributed by atoms with Crippen LogP contribution in [0.3, 0.4) is 0 Å². The van der Waals surface area contributed by atoms with Gasteiger partial charge in [-0.05, 0) is 0 Å². The molecule has 0 saturated heterocycles. The van der Waals surface area contributed by atoms with Gasteiger partial charge in [0.2, 0.25) is 0 Å². The molecule has 0 aromatic heterocycles. The Bertz CT molecular complexity index is 35.9. The second-order valence-corrected chi connectivity index (χ2v) is 0.224. The van der Waals surface area contributed by atoms with E-state index in [0.717, 1.165) is 0 Å². The summed E-state index contributed by atoms with van der Waals surface area (Å²) < 4.78 is 0. The third-order valence-corrected chi connectivity index (χ3v) is 0. The summed E-state index contributed by atoms with van der Waals surface area (Å²) in [6.07, 6.45) is 0. The molecule has 0 rings (SSSR count). The average Bonchev–Trinajstić information content (AvgIpc) is 1.41. The molecule has 0 unspecified atom stereocenters. The van der Waals surface area contributed by atoms with Crippen molar-refractivity contribution in [2.45, 2.75) is 0 Å². The van der Waals surface area contributed by atoms with Crippen molar-refractivity contribution in [3.63, 3.8) is 0 Å². The van der Waals surface area contributed by atoms with Gasteiger partial charge in [0.25, 0.3) is 0 Å². The van der Waals surface area contributed by atoms with Gasteiger partial charge in [0, 0.05) is 28.3 Å². The van der Waals surface area contributed by atoms with Crippen LogP contribution >= 0.6 is 28.3 Å². The van der Waals surface area contributed by atoms with Crippen molar-refractivity contribution in [2.75, 3.05) is 0 Å². The smallest absolute Gasteiger partial charge is 0.356 e. The molecular formula is AgBr2NO3. The minimum absolute atomic E-state index is 0. The zero-order valence-electron chi connectivity index (χ0n) is 2.73. The van der Waals surface area contributed by atoms with Gasteiger partial charge in [0.1, 0.15) is 0 Å². The fourth-order valence-corrected chi connectivity index (χ4v) is 0. The third-order valence-electron chi connectivity index (χ3n) is 0. The number of hydrogen-bond donors (Lipinski definition) is 0. The van der Waals surface area contributed by atoms with E-state index < -0.39 is 5.09 Å². The molecule has 7 heavy (non-hydrogen) atoms. The molecule has 0 N–H and O–H groups in total. The van der Waals surface area contributed by atoms with Crippen LogP contribution in [0.2, 0.25) is 0 Å². The Balaban J connectivity index is -0.0000000480. The summed E-state index contributed by atoms with van der Waals surface area (Å²) in [7, 11) is 0. The number of halogens is 2. The van der Waals surface area contributed by atoms with Crippen LogP contribution in [0.25, 0.3) is 0 Å². The standard InChI is InChI=1S/Ag.Br2.NO3/c;1-2;2-1(3)4/q+1;;-1. The van der Waals surface area contributed by atoms with E-state index in [1.807, 2.05) is 0 Å². The summed E-state index contributed by atoms with van der Waals surface area (Å²) in [6, 6.07) is 0. The molecule has 7 heteroatoms. The molecule has 0 bridgehead atoms. The predicted octanol–water partition coefficient (Wildman–Crippen LogP) is 1.45. The third kappa shape index (κ3) is 204. The largest absolute Gasteiger partial charge is 1.00 e. The van der Waals surface area contributed by atoms with E-state index >= 15 is 0 Å². The molecule has 0 aromatic rings. The topological polar surface area (TPSA) is 66.2 Å². The average molecular weight is 330 g/mol. The second-order valence-electron chi connectivity index (χ2n) is 0.224. The molecule has 0 fully saturated rings. The zero-order valence-corrected chi connectivity index (χ0v) is 7.38. The van der Waals surface area contributed by atoms with E-state index in [0.29, 0.717) is 0 Å². The number of nitrogens with zero attached hydrogens (tertiary/aromatic N) is 1. The molecule has 0 heterocycles. The minimum atomic E-state index is -1.75. The molecule has 0 amide bonds. The number of hydrogen-bond acceptors (Lipinski definition) is 3. The van der Waals surface area contributed by atoms with Crippen LogP contribution in [-0.4, -0.2) is 5.09 Å². The van der Waals surface area contributed by atoms with E-state index in [-0.39, 0.29) is 22.4 Å². The molecule has 0 aromatic carbocycles. The molecule has 0 atom stereocenters. The van der Waals surface area contributed by atoms with Gasteiger partial charge in [-0.3, -0.25) is 0 Å². The molecule has 48 valence electrons. The normalized spacial score (nSPS) is 4.29. The van der Waals surface area contributed by atoms with Crippen LogP contribution in [0.4, 0.5) is 0 Å². The molecule has 0 spiro atoms. The van der Waals surface area contributed by atoms with E-state index in [4.69, 9.17) is 15.3 Å². The van der Waals surface area contributed by atoms with Gasteiger partial charge < -0.3 is 15.3 Å². The Morgan fingerprint density at radius 1 is 1.29 bits per heavy atom. The van der Waals surface area contributed by atoms with Gasteiger partial charge in [-0.1, -0.05) is 0 Å². The number of rotatable bonds is 0. The predicted molar refractivity (Wildman–Crippen MR) is 28.2 cm³/mol. The summed E-state index contributed by atoms with van der Waals surface area (Å²) >= 11 is 5.50. The molecular weight excluding hydrogens is 330 g/mol. The minimum Gasteiger partial charge on any atom is -0.356 e. The Kier molecular flexibility index (Phi) is 35.3. The van der Waals surface area contributed by atoms with Gasteiger partial charge in [0.15, 0.2) is 0 Å². The van der Waals surface area contributed by atoms with Crippen LogP contribution in [-0.2, 0) is 22.4 Å². The Hall–Kier alpha value is 0.900. The molecule has 0 aliphatic carbocycles. The van der Waals surface area contributed by atoms with Gasteiger partial charge in [0.05, 0.1) is 5.09 Å². The molecule has 0 aliphatic rings. The second kappa shape index (κ2) is 15.8. The van der Waals surface area contributed by atoms with Crippen LogP contribution in [0.5, 0.6) is 0 Å². The fourth-order valence-electron chi connectivity index (χ4n) is 0. The monoisotopic (exact) mass is 327 g/mol. The first-order valence-corrected chi connectivity index (χ1v) is 4.40. The van der Waals surface area contributed by atoms with Gasteiger partial charge in [-0.25, -0.2) is 0 Å². The molecule has 0 saturated carbocycles. The van der Waals surface area contributed by atoms with Crippen molar-refractivity contribution < 1.29 is 27.5 Å². The maximum atomic E-state index is 8.25. The van der Waals surface area contributed by atoms with Crippen LogP contribution in [0.15, 0.2) is 0 Å². The summed E-state index contributed by atoms with van der Waals surface area (Å²) in [5.41, 5.74) is 0. The van der Waals surface area contributed by atoms with Crippen molar-refractivity contribution in [2.24, 2.45) is 0 Å². The first kappa shape index (κ1) is 15.7. The first-order chi connectivity index (χ1) is 2.73. The van der Waals surface area contributed by atoms with Gasteiger partial charge in [-0.15, -0.1) is 0 Å². The van der Waals surface area contributed by atoms with E-state index in [1.54, 1.807) is 0 Å². The van der Waals surface area contributed by atoms with Crippen molar-refractivity contribution in [1.82, 2.24) is 0 Å². The molecule has 4 nitrogen and oxygen atoms in total. The summed E-state index contributed by atoms with van der Waals surface area (Å²) in [5, 5.41) is 14.8. The van der Waals surface area contributed by atoms with Crippen molar-refractivity contribution in [3.8, 4) is 0 Å². The van der Waals surface area contributed by atoms with Crippen molar-refractivity contribution in [1.29, 1.82) is 0 Å². The van der Waals surface area contributed by atoms with E-state index in [2.05, 4.69) is 28.3 Å². The van der Waals surface area contributed by atoms with E-state index in [1.165, 1.54) is 0 Å². The molecule has 0 aliphatic heterocycles. The van der Waals surface area contributed by atoms with Gasteiger partial charge in [-0.2, -0.15) is 0 Å². The summed E-state index contributed by atoms with van der Waals surface area (Å²) in [5.74, 6) is 0. The van der Waals surface area contributed by atoms with Crippen molar-refractivity contribution >= 4 is 28.3 Å². The van der Waals surface area contributed by atoms with Crippen LogP contribution in [0.1, 0.15) is 0 Å². The van der Waals surface area contributed by atoms with E-state index in [9.17, 15) is 0 Å².